The Morgan fingerprint density at radius 2 is 1.31 bits per heavy atom. The van der Waals surface area contributed by atoms with Gasteiger partial charge in [0.05, 0.1) is 11.1 Å². The second-order valence-corrected chi connectivity index (χ2v) is 6.96. The molecule has 0 heterocycles. The summed E-state index contributed by atoms with van der Waals surface area (Å²) >= 11 is 0. The largest absolute Gasteiger partial charge is 0.417 e. The van der Waals surface area contributed by atoms with Gasteiger partial charge in [-0.25, -0.2) is 0 Å². The fraction of sp³-hybridized carbons (Fsp3) is 0.130. The Balaban J connectivity index is 2.06. The van der Waals surface area contributed by atoms with Crippen LogP contribution in [0, 0.1) is 6.92 Å². The molecule has 0 amide bonds. The summed E-state index contributed by atoms with van der Waals surface area (Å²) in [5.41, 5.74) is -0.0995. The molecule has 6 heteroatoms. The van der Waals surface area contributed by atoms with Crippen LogP contribution >= 0.6 is 0 Å². The maximum Gasteiger partial charge on any atom is 0.417 e. The summed E-state index contributed by atoms with van der Waals surface area (Å²) < 4.78 is 81.3. The van der Waals surface area contributed by atoms with E-state index in [1.165, 1.54) is 0 Å². The number of alkyl halides is 6. The van der Waals surface area contributed by atoms with Gasteiger partial charge >= 0.3 is 12.4 Å². The topological polar surface area (TPSA) is 0 Å². The molecule has 3 aromatic carbocycles. The molecule has 3 aromatic rings. The van der Waals surface area contributed by atoms with Crippen molar-refractivity contribution in [3.8, 4) is 11.1 Å². The molecule has 0 nitrogen and oxygen atoms in total. The molecular weight excluding hydrogens is 390 g/mol. The highest BCUT2D eigenvalue weighted by Crippen LogP contribution is 2.51. The Bertz CT molecular complexity index is 1120. The number of rotatable bonds is 1. The Hall–Kier alpha value is -3.02. The third-order valence-corrected chi connectivity index (χ3v) is 4.94. The van der Waals surface area contributed by atoms with E-state index in [0.717, 1.165) is 11.6 Å². The highest BCUT2D eigenvalue weighted by molar-refractivity contribution is 6.07. The number of aryl methyl sites for hydroxylation is 1. The quantitative estimate of drug-likeness (QED) is 0.287. The summed E-state index contributed by atoms with van der Waals surface area (Å²) in [6.45, 7) is 1.89. The number of benzene rings is 3. The summed E-state index contributed by atoms with van der Waals surface area (Å²) in [5, 5.41) is 0. The monoisotopic (exact) mass is 404 g/mol. The van der Waals surface area contributed by atoms with Crippen LogP contribution in [-0.4, -0.2) is 0 Å². The Labute approximate surface area is 163 Å². The van der Waals surface area contributed by atoms with Gasteiger partial charge < -0.3 is 0 Å². The summed E-state index contributed by atoms with van der Waals surface area (Å²) in [6, 6.07) is 14.6. The van der Waals surface area contributed by atoms with Gasteiger partial charge in [-0.15, -0.1) is 0 Å². The van der Waals surface area contributed by atoms with Crippen LogP contribution in [0.2, 0.25) is 0 Å². The number of fused-ring (bicyclic) bond motifs is 3. The Kier molecular flexibility index (Phi) is 4.33. The number of halogens is 6. The van der Waals surface area contributed by atoms with Crippen molar-refractivity contribution in [3.63, 3.8) is 0 Å². The van der Waals surface area contributed by atoms with E-state index in [1.807, 2.05) is 19.1 Å². The van der Waals surface area contributed by atoms with Crippen molar-refractivity contribution < 1.29 is 26.3 Å². The molecule has 0 bridgehead atoms. The zero-order chi connectivity index (χ0) is 21.0. The third kappa shape index (κ3) is 3.43. The van der Waals surface area contributed by atoms with E-state index in [-0.39, 0.29) is 22.8 Å². The first-order valence-electron chi connectivity index (χ1n) is 8.76. The van der Waals surface area contributed by atoms with Crippen LogP contribution in [0.1, 0.15) is 33.4 Å². The van der Waals surface area contributed by atoms with Gasteiger partial charge in [-0.1, -0.05) is 54.1 Å². The minimum atomic E-state index is -4.93. The molecule has 0 aliphatic heterocycles. The van der Waals surface area contributed by atoms with Gasteiger partial charge in [0.1, 0.15) is 0 Å². The third-order valence-electron chi connectivity index (χ3n) is 4.94. The Morgan fingerprint density at radius 1 is 0.690 bits per heavy atom. The van der Waals surface area contributed by atoms with Crippen molar-refractivity contribution in [3.05, 3.63) is 94.0 Å². The van der Waals surface area contributed by atoms with Crippen LogP contribution < -0.4 is 0 Å². The number of hydrogen-bond acceptors (Lipinski definition) is 0. The van der Waals surface area contributed by atoms with Crippen LogP contribution in [-0.2, 0) is 12.4 Å². The van der Waals surface area contributed by atoms with Gasteiger partial charge in [0.15, 0.2) is 0 Å². The normalized spacial score (nSPS) is 14.8. The zero-order valence-corrected chi connectivity index (χ0v) is 15.1. The lowest BCUT2D eigenvalue weighted by Crippen LogP contribution is -2.13. The van der Waals surface area contributed by atoms with E-state index in [4.69, 9.17) is 0 Å². The molecule has 1 aliphatic rings. The molecule has 1 aliphatic carbocycles. The lowest BCUT2D eigenvalue weighted by atomic mass is 9.93. The molecule has 0 unspecified atom stereocenters. The first kappa shape index (κ1) is 19.3. The molecule has 0 spiro atoms. The lowest BCUT2D eigenvalue weighted by Gasteiger charge is -2.17. The molecular formula is C23H14F6. The van der Waals surface area contributed by atoms with Crippen molar-refractivity contribution in [2.24, 2.45) is 0 Å². The van der Waals surface area contributed by atoms with Crippen LogP contribution in [0.4, 0.5) is 26.3 Å². The molecule has 0 atom stereocenters. The van der Waals surface area contributed by atoms with Crippen molar-refractivity contribution in [2.45, 2.75) is 19.3 Å². The molecule has 0 fully saturated rings. The van der Waals surface area contributed by atoms with Gasteiger partial charge in [0.2, 0.25) is 0 Å². The minimum absolute atomic E-state index is 0.0545. The first-order chi connectivity index (χ1) is 13.6. The van der Waals surface area contributed by atoms with Crippen molar-refractivity contribution in [2.75, 3.05) is 0 Å². The van der Waals surface area contributed by atoms with Crippen molar-refractivity contribution in [1.29, 1.82) is 0 Å². The van der Waals surface area contributed by atoms with Gasteiger partial charge in [0, 0.05) is 5.56 Å². The smallest absolute Gasteiger partial charge is 0.166 e. The van der Waals surface area contributed by atoms with E-state index in [1.54, 1.807) is 42.5 Å². The van der Waals surface area contributed by atoms with Crippen molar-refractivity contribution >= 4 is 11.6 Å². The van der Waals surface area contributed by atoms with Crippen LogP contribution in [0.25, 0.3) is 22.8 Å². The van der Waals surface area contributed by atoms with Gasteiger partial charge in [-0.3, -0.25) is 0 Å². The zero-order valence-electron chi connectivity index (χ0n) is 15.1. The minimum Gasteiger partial charge on any atom is -0.166 e. The van der Waals surface area contributed by atoms with Crippen LogP contribution in [0.15, 0.2) is 60.7 Å². The van der Waals surface area contributed by atoms with E-state index in [0.29, 0.717) is 16.7 Å². The van der Waals surface area contributed by atoms with E-state index >= 15 is 0 Å². The Morgan fingerprint density at radius 3 is 1.90 bits per heavy atom. The molecule has 4 rings (SSSR count). The molecule has 0 radical (unpaired) electrons. The van der Waals surface area contributed by atoms with Crippen molar-refractivity contribution in [1.82, 2.24) is 0 Å². The summed E-state index contributed by atoms with van der Waals surface area (Å²) in [6.07, 6.45) is -8.22. The maximum atomic E-state index is 13.8. The second kappa shape index (κ2) is 6.51. The molecule has 29 heavy (non-hydrogen) atoms. The molecule has 0 aromatic heterocycles. The molecule has 0 saturated heterocycles. The molecule has 0 saturated carbocycles. The average molecular weight is 404 g/mol. The fourth-order valence-electron chi connectivity index (χ4n) is 3.60. The SMILES string of the molecule is Cc1ccc(/C=C2\c3ccccc3-c3cc(C(F)(F)F)cc(C(F)(F)F)c32)cc1. The standard InChI is InChI=1S/C23H14F6/c1-13-6-8-14(9-7-13)10-18-16-4-2-3-5-17(16)19-11-15(22(24,25)26)12-20(21(18)19)23(27,28)29/h2-12H,1H3/b18-10+. The average Bonchev–Trinajstić information content (AvgIpc) is 2.95. The molecule has 148 valence electrons. The summed E-state index contributed by atoms with van der Waals surface area (Å²) in [4.78, 5) is 0. The van der Waals surface area contributed by atoms with E-state index < -0.39 is 23.5 Å². The molecule has 0 N–H and O–H groups in total. The summed E-state index contributed by atoms with van der Waals surface area (Å²) in [5.74, 6) is 0. The van der Waals surface area contributed by atoms with Gasteiger partial charge in [-0.05, 0) is 53.0 Å². The van der Waals surface area contributed by atoms with E-state index in [9.17, 15) is 26.3 Å². The summed E-state index contributed by atoms with van der Waals surface area (Å²) in [7, 11) is 0. The van der Waals surface area contributed by atoms with Crippen LogP contribution in [0.5, 0.6) is 0 Å². The van der Waals surface area contributed by atoms with Crippen LogP contribution in [0.3, 0.4) is 0 Å². The van der Waals surface area contributed by atoms with E-state index in [2.05, 4.69) is 0 Å². The first-order valence-corrected chi connectivity index (χ1v) is 8.76. The maximum absolute atomic E-state index is 13.8. The fourth-order valence-corrected chi connectivity index (χ4v) is 3.60. The lowest BCUT2D eigenvalue weighted by molar-refractivity contribution is -0.143. The number of hydrogen-bond donors (Lipinski definition) is 0. The highest BCUT2D eigenvalue weighted by atomic mass is 19.4. The second-order valence-electron chi connectivity index (χ2n) is 6.96. The van der Waals surface area contributed by atoms with Gasteiger partial charge in [0.25, 0.3) is 0 Å². The van der Waals surface area contributed by atoms with Gasteiger partial charge in [-0.2, -0.15) is 26.3 Å². The predicted octanol–water partition coefficient (Wildman–Crippen LogP) is 7.60. The highest BCUT2D eigenvalue weighted by Gasteiger charge is 2.42. The predicted molar refractivity (Wildman–Crippen MR) is 100 cm³/mol.